The highest BCUT2D eigenvalue weighted by atomic mass is 16.5. The van der Waals surface area contributed by atoms with Crippen LogP contribution >= 0.6 is 0 Å². The number of methoxy groups -OCH3 is 1. The van der Waals surface area contributed by atoms with Crippen molar-refractivity contribution < 1.29 is 14.3 Å². The van der Waals surface area contributed by atoms with Gasteiger partial charge >= 0.3 is 0 Å². The SMILES string of the molecule is COc1cccc(CC(=O)Nc2cccc(NC(C)=O)c2)c1. The molecule has 0 heterocycles. The van der Waals surface area contributed by atoms with E-state index in [1.54, 1.807) is 31.4 Å². The highest BCUT2D eigenvalue weighted by Crippen LogP contribution is 2.17. The zero-order chi connectivity index (χ0) is 15.9. The standard InChI is InChI=1S/C17H18N2O3/c1-12(20)18-14-6-4-7-15(11-14)19-17(21)10-13-5-3-8-16(9-13)22-2/h3-9,11H,10H2,1-2H3,(H,18,20)(H,19,21). The first-order chi connectivity index (χ1) is 10.6. The molecule has 0 spiro atoms. The molecule has 0 saturated carbocycles. The van der Waals surface area contributed by atoms with E-state index in [0.717, 1.165) is 11.3 Å². The number of amides is 2. The highest BCUT2D eigenvalue weighted by molar-refractivity contribution is 5.94. The van der Waals surface area contributed by atoms with Gasteiger partial charge in [-0.1, -0.05) is 18.2 Å². The van der Waals surface area contributed by atoms with E-state index in [1.807, 2.05) is 24.3 Å². The smallest absolute Gasteiger partial charge is 0.228 e. The number of hydrogen-bond donors (Lipinski definition) is 2. The van der Waals surface area contributed by atoms with Crippen LogP contribution in [0.5, 0.6) is 5.75 Å². The minimum absolute atomic E-state index is 0.131. The summed E-state index contributed by atoms with van der Waals surface area (Å²) in [6, 6.07) is 14.4. The quantitative estimate of drug-likeness (QED) is 0.892. The summed E-state index contributed by atoms with van der Waals surface area (Å²) in [5, 5.41) is 5.49. The van der Waals surface area contributed by atoms with Gasteiger partial charge in [0, 0.05) is 18.3 Å². The van der Waals surface area contributed by atoms with Crippen LogP contribution in [-0.4, -0.2) is 18.9 Å². The summed E-state index contributed by atoms with van der Waals surface area (Å²) in [6.45, 7) is 1.44. The molecule has 0 aliphatic rings. The van der Waals surface area contributed by atoms with Crippen LogP contribution in [0.2, 0.25) is 0 Å². The summed E-state index contributed by atoms with van der Waals surface area (Å²) in [6.07, 6.45) is 0.252. The fraction of sp³-hybridized carbons (Fsp3) is 0.176. The lowest BCUT2D eigenvalue weighted by atomic mass is 10.1. The van der Waals surface area contributed by atoms with E-state index in [2.05, 4.69) is 10.6 Å². The van der Waals surface area contributed by atoms with Crippen LogP contribution in [0, 0.1) is 0 Å². The Bertz CT molecular complexity index is 683. The van der Waals surface area contributed by atoms with E-state index in [0.29, 0.717) is 11.4 Å². The Morgan fingerprint density at radius 2 is 1.68 bits per heavy atom. The van der Waals surface area contributed by atoms with Gasteiger partial charge in [-0.3, -0.25) is 9.59 Å². The van der Waals surface area contributed by atoms with Crippen LogP contribution in [0.1, 0.15) is 12.5 Å². The normalized spacial score (nSPS) is 9.91. The number of anilines is 2. The summed E-state index contributed by atoms with van der Waals surface area (Å²) in [5.41, 5.74) is 2.15. The molecule has 2 aromatic carbocycles. The van der Waals surface area contributed by atoms with E-state index < -0.39 is 0 Å². The molecule has 0 radical (unpaired) electrons. The minimum Gasteiger partial charge on any atom is -0.497 e. The summed E-state index contributed by atoms with van der Waals surface area (Å²) >= 11 is 0. The first-order valence-corrected chi connectivity index (χ1v) is 6.87. The number of carbonyl (C=O) groups excluding carboxylic acids is 2. The number of rotatable bonds is 5. The van der Waals surface area contributed by atoms with Crippen molar-refractivity contribution in [1.29, 1.82) is 0 Å². The number of nitrogens with one attached hydrogen (secondary N) is 2. The van der Waals surface area contributed by atoms with Gasteiger partial charge in [-0.15, -0.1) is 0 Å². The molecule has 114 valence electrons. The lowest BCUT2D eigenvalue weighted by molar-refractivity contribution is -0.115. The second-order valence-electron chi connectivity index (χ2n) is 4.84. The summed E-state index contributed by atoms with van der Waals surface area (Å²) in [7, 11) is 1.59. The lowest BCUT2D eigenvalue weighted by Crippen LogP contribution is -2.14. The first-order valence-electron chi connectivity index (χ1n) is 6.87. The predicted molar refractivity (Wildman–Crippen MR) is 86.1 cm³/mol. The molecule has 5 heteroatoms. The Kier molecular flexibility index (Phi) is 5.14. The molecule has 0 fully saturated rings. The third-order valence-corrected chi connectivity index (χ3v) is 2.97. The molecule has 2 amide bonds. The third-order valence-electron chi connectivity index (χ3n) is 2.97. The second-order valence-corrected chi connectivity index (χ2v) is 4.84. The molecule has 22 heavy (non-hydrogen) atoms. The van der Waals surface area contributed by atoms with Crippen molar-refractivity contribution in [2.24, 2.45) is 0 Å². The zero-order valence-electron chi connectivity index (χ0n) is 12.6. The number of ether oxygens (including phenoxy) is 1. The van der Waals surface area contributed by atoms with Gasteiger partial charge < -0.3 is 15.4 Å². The Morgan fingerprint density at radius 3 is 2.36 bits per heavy atom. The van der Waals surface area contributed by atoms with Crippen LogP contribution in [0.3, 0.4) is 0 Å². The van der Waals surface area contributed by atoms with Crippen molar-refractivity contribution in [2.45, 2.75) is 13.3 Å². The Labute approximate surface area is 129 Å². The van der Waals surface area contributed by atoms with Crippen LogP contribution in [0.15, 0.2) is 48.5 Å². The van der Waals surface area contributed by atoms with E-state index in [4.69, 9.17) is 4.74 Å². The predicted octanol–water partition coefficient (Wildman–Crippen LogP) is 2.83. The maximum atomic E-state index is 12.1. The fourth-order valence-electron chi connectivity index (χ4n) is 2.05. The molecule has 0 bridgehead atoms. The molecule has 0 atom stereocenters. The maximum absolute atomic E-state index is 12.1. The van der Waals surface area contributed by atoms with Gasteiger partial charge in [-0.05, 0) is 35.9 Å². The Balaban J connectivity index is 2.00. The molecule has 2 rings (SSSR count). The molecule has 0 unspecified atom stereocenters. The van der Waals surface area contributed by atoms with Gasteiger partial charge in [0.15, 0.2) is 0 Å². The topological polar surface area (TPSA) is 67.4 Å². The molecule has 0 aliphatic carbocycles. The average Bonchev–Trinajstić information content (AvgIpc) is 2.47. The van der Waals surface area contributed by atoms with Crippen molar-refractivity contribution >= 4 is 23.2 Å². The van der Waals surface area contributed by atoms with E-state index in [1.165, 1.54) is 6.92 Å². The van der Waals surface area contributed by atoms with Crippen molar-refractivity contribution in [2.75, 3.05) is 17.7 Å². The van der Waals surface area contributed by atoms with E-state index >= 15 is 0 Å². The summed E-state index contributed by atoms with van der Waals surface area (Å²) in [4.78, 5) is 23.1. The van der Waals surface area contributed by atoms with Crippen molar-refractivity contribution in [3.05, 3.63) is 54.1 Å². The molecule has 2 aromatic rings. The fourth-order valence-corrected chi connectivity index (χ4v) is 2.05. The molecule has 2 N–H and O–H groups in total. The van der Waals surface area contributed by atoms with Crippen molar-refractivity contribution in [1.82, 2.24) is 0 Å². The maximum Gasteiger partial charge on any atom is 0.228 e. The largest absolute Gasteiger partial charge is 0.497 e. The molecule has 5 nitrogen and oxygen atoms in total. The lowest BCUT2D eigenvalue weighted by Gasteiger charge is -2.08. The van der Waals surface area contributed by atoms with Crippen LogP contribution in [-0.2, 0) is 16.0 Å². The number of hydrogen-bond acceptors (Lipinski definition) is 3. The van der Waals surface area contributed by atoms with Gasteiger partial charge in [-0.25, -0.2) is 0 Å². The Morgan fingerprint density at radius 1 is 1.00 bits per heavy atom. The van der Waals surface area contributed by atoms with E-state index in [9.17, 15) is 9.59 Å². The van der Waals surface area contributed by atoms with Crippen LogP contribution in [0.4, 0.5) is 11.4 Å². The van der Waals surface area contributed by atoms with Gasteiger partial charge in [-0.2, -0.15) is 0 Å². The van der Waals surface area contributed by atoms with Crippen molar-refractivity contribution in [3.63, 3.8) is 0 Å². The van der Waals surface area contributed by atoms with Gasteiger partial charge in [0.25, 0.3) is 0 Å². The monoisotopic (exact) mass is 298 g/mol. The van der Waals surface area contributed by atoms with Gasteiger partial charge in [0.2, 0.25) is 11.8 Å². The summed E-state index contributed by atoms with van der Waals surface area (Å²) < 4.78 is 5.14. The van der Waals surface area contributed by atoms with Crippen LogP contribution < -0.4 is 15.4 Å². The van der Waals surface area contributed by atoms with Gasteiger partial charge in [0.05, 0.1) is 13.5 Å². The molecule has 0 aromatic heterocycles. The molecular weight excluding hydrogens is 280 g/mol. The highest BCUT2D eigenvalue weighted by Gasteiger charge is 2.06. The summed E-state index contributed by atoms with van der Waals surface area (Å²) in [5.74, 6) is 0.436. The second kappa shape index (κ2) is 7.26. The molecular formula is C17H18N2O3. The number of carbonyl (C=O) groups is 2. The van der Waals surface area contributed by atoms with E-state index in [-0.39, 0.29) is 18.2 Å². The average molecular weight is 298 g/mol. The minimum atomic E-state index is -0.153. The molecule has 0 saturated heterocycles. The number of benzene rings is 2. The molecule has 0 aliphatic heterocycles. The van der Waals surface area contributed by atoms with Gasteiger partial charge in [0.1, 0.15) is 5.75 Å². The zero-order valence-corrected chi connectivity index (χ0v) is 12.6. The van der Waals surface area contributed by atoms with Crippen LogP contribution in [0.25, 0.3) is 0 Å². The first kappa shape index (κ1) is 15.6. The Hall–Kier alpha value is -2.82. The third kappa shape index (κ3) is 4.63. The van der Waals surface area contributed by atoms with Crippen molar-refractivity contribution in [3.8, 4) is 5.75 Å².